The lowest BCUT2D eigenvalue weighted by Crippen LogP contribution is -2.12. The summed E-state index contributed by atoms with van der Waals surface area (Å²) in [6.45, 7) is 4.21. The molecule has 0 saturated carbocycles. The van der Waals surface area contributed by atoms with Gasteiger partial charge < -0.3 is 9.84 Å². The fourth-order valence-corrected chi connectivity index (χ4v) is 0.600. The number of rotatable bonds is 3. The summed E-state index contributed by atoms with van der Waals surface area (Å²) in [6.07, 6.45) is 2.14. The number of aliphatic hydroxyl groups is 1. The zero-order chi connectivity index (χ0) is 5.98. The van der Waals surface area contributed by atoms with E-state index in [4.69, 9.17) is 9.84 Å². The topological polar surface area (TPSA) is 32.8 Å². The molecule has 1 aliphatic rings. The van der Waals surface area contributed by atoms with Crippen molar-refractivity contribution < 1.29 is 9.84 Å². The molecule has 0 aliphatic carbocycles. The molecule has 1 saturated heterocycles. The van der Waals surface area contributed by atoms with E-state index < -0.39 is 0 Å². The zero-order valence-electron chi connectivity index (χ0n) is 4.71. The molecule has 0 radical (unpaired) electrons. The molecule has 1 N–H and O–H groups in total. The van der Waals surface area contributed by atoms with Gasteiger partial charge in [0.1, 0.15) is 6.10 Å². The van der Waals surface area contributed by atoms with Gasteiger partial charge in [-0.2, -0.15) is 0 Å². The molecule has 0 spiro atoms. The number of hydrogen-bond acceptors (Lipinski definition) is 2. The second kappa shape index (κ2) is 2.29. The van der Waals surface area contributed by atoms with Crippen LogP contribution in [0.4, 0.5) is 0 Å². The third-order valence-corrected chi connectivity index (χ3v) is 1.20. The molecule has 1 aliphatic heterocycles. The van der Waals surface area contributed by atoms with Crippen molar-refractivity contribution in [2.24, 2.45) is 0 Å². The Morgan fingerprint density at radius 1 is 2.00 bits per heavy atom. The first-order chi connectivity index (χ1) is 3.84. The SMILES string of the molecule is C=CC[C@@H](O)[C@H]1CO1. The summed E-state index contributed by atoms with van der Waals surface area (Å²) in [4.78, 5) is 0. The summed E-state index contributed by atoms with van der Waals surface area (Å²) in [5, 5.41) is 8.99. The Morgan fingerprint density at radius 3 is 3.00 bits per heavy atom. The van der Waals surface area contributed by atoms with Gasteiger partial charge in [-0.1, -0.05) is 6.08 Å². The van der Waals surface area contributed by atoms with Crippen LogP contribution in [0, 0.1) is 0 Å². The average molecular weight is 114 g/mol. The van der Waals surface area contributed by atoms with Crippen LogP contribution in [0.2, 0.25) is 0 Å². The van der Waals surface area contributed by atoms with Crippen LogP contribution in [0.5, 0.6) is 0 Å². The number of epoxide rings is 1. The lowest BCUT2D eigenvalue weighted by molar-refractivity contribution is 0.138. The molecule has 0 aromatic heterocycles. The Morgan fingerprint density at radius 2 is 2.62 bits per heavy atom. The van der Waals surface area contributed by atoms with Crippen LogP contribution in [0.3, 0.4) is 0 Å². The van der Waals surface area contributed by atoms with E-state index in [9.17, 15) is 0 Å². The Labute approximate surface area is 48.8 Å². The fourth-order valence-electron chi connectivity index (χ4n) is 0.600. The van der Waals surface area contributed by atoms with Gasteiger partial charge in [0.05, 0.1) is 12.7 Å². The molecule has 1 fully saturated rings. The molecule has 8 heavy (non-hydrogen) atoms. The van der Waals surface area contributed by atoms with Gasteiger partial charge in [0.15, 0.2) is 0 Å². The third-order valence-electron chi connectivity index (χ3n) is 1.20. The molecule has 1 heterocycles. The minimum absolute atomic E-state index is 0.105. The average Bonchev–Trinajstić information content (AvgIpc) is 2.45. The molecule has 46 valence electrons. The van der Waals surface area contributed by atoms with Crippen molar-refractivity contribution >= 4 is 0 Å². The molecule has 2 heteroatoms. The van der Waals surface area contributed by atoms with E-state index in [1.54, 1.807) is 6.08 Å². The monoisotopic (exact) mass is 114 g/mol. The van der Waals surface area contributed by atoms with Crippen LogP contribution in [0.1, 0.15) is 6.42 Å². The van der Waals surface area contributed by atoms with Crippen LogP contribution in [0.15, 0.2) is 12.7 Å². The summed E-state index contributed by atoms with van der Waals surface area (Å²) in [5.41, 5.74) is 0. The van der Waals surface area contributed by atoms with E-state index >= 15 is 0 Å². The Hall–Kier alpha value is -0.340. The highest BCUT2D eigenvalue weighted by Crippen LogP contribution is 2.15. The quantitative estimate of drug-likeness (QED) is 0.423. The van der Waals surface area contributed by atoms with Crippen molar-refractivity contribution in [1.82, 2.24) is 0 Å². The molecule has 2 atom stereocenters. The van der Waals surface area contributed by atoms with Crippen LogP contribution in [-0.4, -0.2) is 23.9 Å². The first-order valence-electron chi connectivity index (χ1n) is 2.75. The van der Waals surface area contributed by atoms with E-state index in [-0.39, 0.29) is 12.2 Å². The van der Waals surface area contributed by atoms with Crippen LogP contribution in [0.25, 0.3) is 0 Å². The summed E-state index contributed by atoms with van der Waals surface area (Å²) < 4.78 is 4.83. The molecule has 0 aromatic rings. The van der Waals surface area contributed by atoms with Gasteiger partial charge in [0, 0.05) is 0 Å². The predicted octanol–water partition coefficient (Wildman–Crippen LogP) is 0.322. The molecule has 0 aromatic carbocycles. The highest BCUT2D eigenvalue weighted by atomic mass is 16.6. The molecular formula is C6H10O2. The van der Waals surface area contributed by atoms with Crippen LogP contribution < -0.4 is 0 Å². The lowest BCUT2D eigenvalue weighted by Gasteiger charge is -1.99. The molecular weight excluding hydrogens is 104 g/mol. The highest BCUT2D eigenvalue weighted by Gasteiger charge is 2.29. The van der Waals surface area contributed by atoms with Crippen molar-refractivity contribution in [3.05, 3.63) is 12.7 Å². The molecule has 0 bridgehead atoms. The van der Waals surface area contributed by atoms with Crippen molar-refractivity contribution in [1.29, 1.82) is 0 Å². The zero-order valence-corrected chi connectivity index (χ0v) is 4.71. The summed E-state index contributed by atoms with van der Waals surface area (Å²) in [6, 6.07) is 0. The van der Waals surface area contributed by atoms with Gasteiger partial charge in [0.25, 0.3) is 0 Å². The minimum Gasteiger partial charge on any atom is -0.390 e. The maximum atomic E-state index is 8.99. The van der Waals surface area contributed by atoms with E-state index in [1.165, 1.54) is 0 Å². The fraction of sp³-hybridized carbons (Fsp3) is 0.667. The van der Waals surface area contributed by atoms with Gasteiger partial charge in [-0.25, -0.2) is 0 Å². The minimum atomic E-state index is -0.313. The first-order valence-corrected chi connectivity index (χ1v) is 2.75. The number of hydrogen-bond donors (Lipinski definition) is 1. The molecule has 0 amide bonds. The predicted molar refractivity (Wildman–Crippen MR) is 30.6 cm³/mol. The Kier molecular flexibility index (Phi) is 1.65. The van der Waals surface area contributed by atoms with Gasteiger partial charge in [-0.3, -0.25) is 0 Å². The van der Waals surface area contributed by atoms with Gasteiger partial charge in [-0.15, -0.1) is 6.58 Å². The normalized spacial score (nSPS) is 29.4. The second-order valence-electron chi connectivity index (χ2n) is 1.96. The number of ether oxygens (including phenoxy) is 1. The van der Waals surface area contributed by atoms with Crippen LogP contribution >= 0.6 is 0 Å². The standard InChI is InChI=1S/C6H10O2/c1-2-3-5(7)6-4-8-6/h2,5-7H,1,3-4H2/t5-,6-/m1/s1. The first kappa shape index (κ1) is 5.79. The van der Waals surface area contributed by atoms with Gasteiger partial charge in [0.2, 0.25) is 0 Å². The molecule has 2 nitrogen and oxygen atoms in total. The largest absolute Gasteiger partial charge is 0.390 e. The Bertz CT molecular complexity index is 86.5. The maximum absolute atomic E-state index is 8.99. The molecule has 0 unspecified atom stereocenters. The molecule has 1 rings (SSSR count). The highest BCUT2D eigenvalue weighted by molar-refractivity contribution is 4.83. The summed E-state index contributed by atoms with van der Waals surface area (Å²) >= 11 is 0. The van der Waals surface area contributed by atoms with Gasteiger partial charge >= 0.3 is 0 Å². The smallest absolute Gasteiger partial charge is 0.107 e. The van der Waals surface area contributed by atoms with Crippen molar-refractivity contribution in [2.45, 2.75) is 18.6 Å². The van der Waals surface area contributed by atoms with Crippen molar-refractivity contribution in [2.75, 3.05) is 6.61 Å². The van der Waals surface area contributed by atoms with E-state index in [1.807, 2.05) is 0 Å². The maximum Gasteiger partial charge on any atom is 0.107 e. The summed E-state index contributed by atoms with van der Waals surface area (Å²) in [7, 11) is 0. The lowest BCUT2D eigenvalue weighted by atomic mass is 10.2. The third kappa shape index (κ3) is 1.32. The summed E-state index contributed by atoms with van der Waals surface area (Å²) in [5.74, 6) is 0. The van der Waals surface area contributed by atoms with Crippen molar-refractivity contribution in [3.8, 4) is 0 Å². The Balaban J connectivity index is 2.12. The van der Waals surface area contributed by atoms with Crippen molar-refractivity contribution in [3.63, 3.8) is 0 Å². The van der Waals surface area contributed by atoms with E-state index in [0.717, 1.165) is 6.61 Å². The van der Waals surface area contributed by atoms with E-state index in [0.29, 0.717) is 6.42 Å². The number of aliphatic hydroxyl groups excluding tert-OH is 1. The second-order valence-corrected chi connectivity index (χ2v) is 1.96. The van der Waals surface area contributed by atoms with Crippen LogP contribution in [-0.2, 0) is 4.74 Å². The van der Waals surface area contributed by atoms with E-state index in [2.05, 4.69) is 6.58 Å². The van der Waals surface area contributed by atoms with Gasteiger partial charge in [-0.05, 0) is 6.42 Å².